The maximum Gasteiger partial charge on any atom is 0.371 e. The second-order valence-corrected chi connectivity index (χ2v) is 6.40. The molecule has 0 spiro atoms. The number of para-hydroxylation sites is 1. The van der Waals surface area contributed by atoms with Crippen molar-refractivity contribution in [2.24, 2.45) is 10.7 Å². The number of aliphatic imine (C=N–C) groups is 1. The van der Waals surface area contributed by atoms with Gasteiger partial charge in [-0.05, 0) is 11.6 Å². The lowest BCUT2D eigenvalue weighted by atomic mass is 10.0. The number of hydrogen-bond donors (Lipinski definition) is 3. The quantitative estimate of drug-likeness (QED) is 0.542. The molecule has 0 aliphatic carbocycles. The van der Waals surface area contributed by atoms with E-state index in [0.29, 0.717) is 19.6 Å². The maximum absolute atomic E-state index is 11.2. The largest absolute Gasteiger partial charge is 0.475 e. The average Bonchev–Trinajstić information content (AvgIpc) is 2.69. The van der Waals surface area contributed by atoms with Crippen LogP contribution in [0.2, 0.25) is 0 Å². The predicted molar refractivity (Wildman–Crippen MR) is 106 cm³/mol. The van der Waals surface area contributed by atoms with E-state index in [-0.39, 0.29) is 6.61 Å². The van der Waals surface area contributed by atoms with E-state index < -0.39 is 18.0 Å². The minimum absolute atomic E-state index is 0.0471. The van der Waals surface area contributed by atoms with E-state index in [2.05, 4.69) is 14.8 Å². The zero-order valence-electron chi connectivity index (χ0n) is 15.0. The smallest absolute Gasteiger partial charge is 0.371 e. The van der Waals surface area contributed by atoms with Crippen molar-refractivity contribution < 1.29 is 15.0 Å². The third kappa shape index (κ3) is 4.45. The van der Waals surface area contributed by atoms with Gasteiger partial charge in [-0.2, -0.15) is 0 Å². The first kappa shape index (κ1) is 18.9. The first-order valence-electron chi connectivity index (χ1n) is 8.91. The Labute approximate surface area is 158 Å². The molecular formula is C20H24N4O3. The van der Waals surface area contributed by atoms with E-state index in [4.69, 9.17) is 10.8 Å². The summed E-state index contributed by atoms with van der Waals surface area (Å²) in [5.74, 6) is -1.64. The fourth-order valence-corrected chi connectivity index (χ4v) is 3.36. The Morgan fingerprint density at radius 1 is 1.11 bits per heavy atom. The summed E-state index contributed by atoms with van der Waals surface area (Å²) in [6.07, 6.45) is -0.439. The summed E-state index contributed by atoms with van der Waals surface area (Å²) in [6, 6.07) is 18.1. The SMILES string of the molecule is N/C(=N\C1CN(CCO)CCN1c1ccccc1-c1ccccc1)C(=O)O. The van der Waals surface area contributed by atoms with Crippen molar-refractivity contribution >= 4 is 17.5 Å². The zero-order valence-corrected chi connectivity index (χ0v) is 15.0. The highest BCUT2D eigenvalue weighted by molar-refractivity contribution is 6.33. The van der Waals surface area contributed by atoms with E-state index in [1.807, 2.05) is 54.6 Å². The number of nitrogens with two attached hydrogens (primary N) is 1. The molecule has 142 valence electrons. The summed E-state index contributed by atoms with van der Waals surface area (Å²) < 4.78 is 0. The maximum atomic E-state index is 11.2. The third-order valence-electron chi connectivity index (χ3n) is 4.66. The van der Waals surface area contributed by atoms with Crippen LogP contribution in [0.1, 0.15) is 0 Å². The van der Waals surface area contributed by atoms with Gasteiger partial charge >= 0.3 is 5.97 Å². The van der Waals surface area contributed by atoms with Gasteiger partial charge in [-0.25, -0.2) is 9.79 Å². The van der Waals surface area contributed by atoms with Crippen LogP contribution in [0.4, 0.5) is 5.69 Å². The van der Waals surface area contributed by atoms with E-state index in [1.54, 1.807) is 0 Å². The molecule has 0 radical (unpaired) electrons. The van der Waals surface area contributed by atoms with E-state index >= 15 is 0 Å². The lowest BCUT2D eigenvalue weighted by Gasteiger charge is -2.41. The van der Waals surface area contributed by atoms with Crippen molar-refractivity contribution in [2.45, 2.75) is 6.17 Å². The summed E-state index contributed by atoms with van der Waals surface area (Å²) in [7, 11) is 0. The number of carboxylic acid groups (broad SMARTS) is 1. The number of piperazine rings is 1. The number of amidine groups is 1. The molecule has 7 nitrogen and oxygen atoms in total. The summed E-state index contributed by atoms with van der Waals surface area (Å²) >= 11 is 0. The van der Waals surface area contributed by atoms with Crippen molar-refractivity contribution in [1.29, 1.82) is 0 Å². The normalized spacial score (nSPS) is 18.5. The van der Waals surface area contributed by atoms with Crippen LogP contribution in [0.5, 0.6) is 0 Å². The molecule has 0 aromatic heterocycles. The highest BCUT2D eigenvalue weighted by Gasteiger charge is 2.29. The molecule has 7 heteroatoms. The molecule has 3 rings (SSSR count). The lowest BCUT2D eigenvalue weighted by molar-refractivity contribution is -0.129. The zero-order chi connectivity index (χ0) is 19.2. The Kier molecular flexibility index (Phi) is 6.05. The lowest BCUT2D eigenvalue weighted by Crippen LogP contribution is -2.54. The molecule has 0 amide bonds. The molecule has 1 aliphatic rings. The van der Waals surface area contributed by atoms with Gasteiger partial charge in [-0.1, -0.05) is 48.5 Å². The van der Waals surface area contributed by atoms with Gasteiger partial charge in [0.2, 0.25) is 5.84 Å². The molecule has 27 heavy (non-hydrogen) atoms. The molecule has 1 fully saturated rings. The van der Waals surface area contributed by atoms with Crippen LogP contribution in [0.3, 0.4) is 0 Å². The van der Waals surface area contributed by atoms with Crippen LogP contribution in [0, 0.1) is 0 Å². The van der Waals surface area contributed by atoms with Gasteiger partial charge < -0.3 is 20.8 Å². The molecule has 1 unspecified atom stereocenters. The first-order valence-corrected chi connectivity index (χ1v) is 8.91. The number of nitrogens with zero attached hydrogens (tertiary/aromatic N) is 3. The second kappa shape index (κ2) is 8.66. The molecular weight excluding hydrogens is 344 g/mol. The van der Waals surface area contributed by atoms with Crippen LogP contribution < -0.4 is 10.6 Å². The minimum atomic E-state index is -1.23. The van der Waals surface area contributed by atoms with E-state index in [0.717, 1.165) is 23.4 Å². The van der Waals surface area contributed by atoms with Gasteiger partial charge in [0.25, 0.3) is 0 Å². The number of aliphatic hydroxyl groups is 1. The topological polar surface area (TPSA) is 102 Å². The molecule has 0 saturated carbocycles. The number of hydrogen-bond acceptors (Lipinski definition) is 5. The van der Waals surface area contributed by atoms with Gasteiger partial charge in [-0.15, -0.1) is 0 Å². The molecule has 1 saturated heterocycles. The number of anilines is 1. The number of aliphatic hydroxyl groups excluding tert-OH is 1. The Morgan fingerprint density at radius 3 is 2.52 bits per heavy atom. The molecule has 4 N–H and O–H groups in total. The highest BCUT2D eigenvalue weighted by atomic mass is 16.4. The molecule has 1 atom stereocenters. The van der Waals surface area contributed by atoms with Crippen LogP contribution >= 0.6 is 0 Å². The van der Waals surface area contributed by atoms with E-state index in [1.165, 1.54) is 0 Å². The van der Waals surface area contributed by atoms with Crippen molar-refractivity contribution in [1.82, 2.24) is 4.90 Å². The molecule has 2 aromatic rings. The van der Waals surface area contributed by atoms with Crippen LogP contribution in [0.15, 0.2) is 59.6 Å². The summed E-state index contributed by atoms with van der Waals surface area (Å²) in [5, 5.41) is 18.4. The number of carbonyl (C=O) groups is 1. The summed E-state index contributed by atoms with van der Waals surface area (Å²) in [6.45, 7) is 2.48. The molecule has 1 aliphatic heterocycles. The second-order valence-electron chi connectivity index (χ2n) is 6.40. The van der Waals surface area contributed by atoms with Gasteiger partial charge in [0.15, 0.2) is 0 Å². The average molecular weight is 368 g/mol. The van der Waals surface area contributed by atoms with Crippen molar-refractivity contribution in [3.05, 3.63) is 54.6 Å². The van der Waals surface area contributed by atoms with Crippen molar-refractivity contribution in [3.63, 3.8) is 0 Å². The minimum Gasteiger partial charge on any atom is -0.475 e. The Bertz CT molecular complexity index is 810. The van der Waals surface area contributed by atoms with E-state index in [9.17, 15) is 9.90 Å². The molecule has 2 aromatic carbocycles. The fraction of sp³-hybridized carbons (Fsp3) is 0.300. The molecule has 1 heterocycles. The van der Waals surface area contributed by atoms with Crippen LogP contribution in [-0.4, -0.2) is 65.9 Å². The van der Waals surface area contributed by atoms with Gasteiger partial charge in [-0.3, -0.25) is 4.90 Å². The number of rotatable bonds is 5. The third-order valence-corrected chi connectivity index (χ3v) is 4.66. The Balaban J connectivity index is 1.98. The highest BCUT2D eigenvalue weighted by Crippen LogP contribution is 2.33. The standard InChI is InChI=1S/C20H24N4O3/c21-19(20(26)27)22-18-14-23(12-13-25)10-11-24(18)17-9-5-4-8-16(17)15-6-2-1-3-7-15/h1-9,18,25H,10-14H2,(H2,21,22)(H,26,27). The number of carboxylic acids is 1. The van der Waals surface area contributed by atoms with Crippen LogP contribution in [-0.2, 0) is 4.79 Å². The number of β-amino-alcohol motifs (C(OH)–C–C–N with tert-alkyl or cyclic N) is 1. The van der Waals surface area contributed by atoms with Gasteiger partial charge in [0.05, 0.1) is 6.61 Å². The van der Waals surface area contributed by atoms with Gasteiger partial charge in [0.1, 0.15) is 6.17 Å². The number of benzene rings is 2. The summed E-state index contributed by atoms with van der Waals surface area (Å²) in [4.78, 5) is 19.6. The van der Waals surface area contributed by atoms with Crippen LogP contribution in [0.25, 0.3) is 11.1 Å². The molecule has 0 bridgehead atoms. The van der Waals surface area contributed by atoms with Crippen molar-refractivity contribution in [2.75, 3.05) is 37.7 Å². The monoisotopic (exact) mass is 368 g/mol. The van der Waals surface area contributed by atoms with Gasteiger partial charge in [0, 0.05) is 37.4 Å². The Hall–Kier alpha value is -2.90. The van der Waals surface area contributed by atoms with Crippen molar-refractivity contribution in [3.8, 4) is 11.1 Å². The Morgan fingerprint density at radius 2 is 1.81 bits per heavy atom. The fourth-order valence-electron chi connectivity index (χ4n) is 3.36. The number of aliphatic carboxylic acids is 1. The summed E-state index contributed by atoms with van der Waals surface area (Å²) in [5.41, 5.74) is 8.74. The first-order chi connectivity index (χ1) is 13.1. The predicted octanol–water partition coefficient (Wildman–Crippen LogP) is 1.24.